The topological polar surface area (TPSA) is 83.9 Å². The van der Waals surface area contributed by atoms with E-state index in [-0.39, 0.29) is 12.1 Å². The number of nitrogens with one attached hydrogen (secondary N) is 1. The summed E-state index contributed by atoms with van der Waals surface area (Å²) in [6.07, 6.45) is 1.29. The van der Waals surface area contributed by atoms with Crippen molar-refractivity contribution in [3.8, 4) is 5.75 Å². The molecule has 2 aromatic rings. The standard InChI is InChI=1S/C24H33N3O4/c1-24(2,3)31-23(29)26-19-16-20(30-18-11-6-5-7-12-18)22(28)21(19)27(4)15-13-17-10-8-9-14-25-17/h5-12,14,19-22,28H,13,15-16H2,1-4H3,(H,26,29)/t19-,20-,21+,22+/m1/s1. The average Bonchev–Trinajstić information content (AvgIpc) is 3.01. The summed E-state index contributed by atoms with van der Waals surface area (Å²) in [5.74, 6) is 0.694. The second kappa shape index (κ2) is 10.1. The predicted molar refractivity (Wildman–Crippen MR) is 119 cm³/mol. The molecule has 7 nitrogen and oxygen atoms in total. The molecule has 4 atom stereocenters. The van der Waals surface area contributed by atoms with Crippen LogP contribution in [-0.4, -0.2) is 64.6 Å². The van der Waals surface area contributed by atoms with Gasteiger partial charge in [-0.25, -0.2) is 4.79 Å². The summed E-state index contributed by atoms with van der Waals surface area (Å²) in [6, 6.07) is 14.6. The highest BCUT2D eigenvalue weighted by Gasteiger charge is 2.46. The fraction of sp³-hybridized carbons (Fsp3) is 0.500. The van der Waals surface area contributed by atoms with Crippen LogP contribution in [0.2, 0.25) is 0 Å². The van der Waals surface area contributed by atoms with Crippen LogP contribution in [0, 0.1) is 0 Å². The largest absolute Gasteiger partial charge is 0.488 e. The smallest absolute Gasteiger partial charge is 0.407 e. The number of carbonyl (C=O) groups is 1. The molecule has 0 bridgehead atoms. The Hall–Kier alpha value is -2.64. The van der Waals surface area contributed by atoms with E-state index in [1.54, 1.807) is 6.20 Å². The Morgan fingerprint density at radius 2 is 1.90 bits per heavy atom. The zero-order valence-corrected chi connectivity index (χ0v) is 18.7. The molecule has 3 rings (SSSR count). The van der Waals surface area contributed by atoms with Crippen LogP contribution >= 0.6 is 0 Å². The molecule has 1 aliphatic carbocycles. The number of hydrogen-bond acceptors (Lipinski definition) is 6. The van der Waals surface area contributed by atoms with E-state index in [4.69, 9.17) is 9.47 Å². The molecule has 2 N–H and O–H groups in total. The zero-order chi connectivity index (χ0) is 22.4. The van der Waals surface area contributed by atoms with Gasteiger partial charge in [0.25, 0.3) is 0 Å². The number of ether oxygens (including phenoxy) is 2. The number of alkyl carbamates (subject to hydrolysis) is 1. The SMILES string of the molecule is CN(CCc1ccccn1)[C@@H]1[C@@H](O)[C@H](Oc2ccccc2)C[C@H]1NC(=O)OC(C)(C)C. The van der Waals surface area contributed by atoms with E-state index < -0.39 is 23.9 Å². The Labute approximate surface area is 184 Å². The van der Waals surface area contributed by atoms with E-state index >= 15 is 0 Å². The highest BCUT2D eigenvalue weighted by molar-refractivity contribution is 5.68. The monoisotopic (exact) mass is 427 g/mol. The number of likely N-dealkylation sites (N-methyl/N-ethyl adjacent to an activating group) is 1. The lowest BCUT2D eigenvalue weighted by molar-refractivity contribution is 0.0132. The fourth-order valence-corrected chi connectivity index (χ4v) is 3.94. The fourth-order valence-electron chi connectivity index (χ4n) is 3.94. The predicted octanol–water partition coefficient (Wildman–Crippen LogP) is 3.03. The summed E-state index contributed by atoms with van der Waals surface area (Å²) >= 11 is 0. The van der Waals surface area contributed by atoms with E-state index in [2.05, 4.69) is 15.2 Å². The summed E-state index contributed by atoms with van der Waals surface area (Å²) in [4.78, 5) is 18.9. The Morgan fingerprint density at radius 1 is 1.19 bits per heavy atom. The van der Waals surface area contributed by atoms with Crippen LogP contribution < -0.4 is 10.1 Å². The van der Waals surface area contributed by atoms with Crippen LogP contribution in [0.1, 0.15) is 32.9 Å². The maximum atomic E-state index is 12.4. The molecule has 0 spiro atoms. The van der Waals surface area contributed by atoms with E-state index in [1.165, 1.54) is 0 Å². The lowest BCUT2D eigenvalue weighted by Gasteiger charge is -2.32. The Balaban J connectivity index is 1.71. The minimum atomic E-state index is -0.770. The van der Waals surface area contributed by atoms with Crippen LogP contribution in [0.15, 0.2) is 54.7 Å². The van der Waals surface area contributed by atoms with Crippen LogP contribution in [0.25, 0.3) is 0 Å². The summed E-state index contributed by atoms with van der Waals surface area (Å²) in [5, 5.41) is 14.1. The maximum Gasteiger partial charge on any atom is 0.407 e. The number of nitrogens with zero attached hydrogens (tertiary/aromatic N) is 2. The first-order chi connectivity index (χ1) is 14.7. The quantitative estimate of drug-likeness (QED) is 0.707. The highest BCUT2D eigenvalue weighted by Crippen LogP contribution is 2.29. The Bertz CT molecular complexity index is 826. The van der Waals surface area contributed by atoms with Gasteiger partial charge in [-0.15, -0.1) is 0 Å². The van der Waals surface area contributed by atoms with Crippen LogP contribution in [0.5, 0.6) is 5.75 Å². The third-order valence-corrected chi connectivity index (χ3v) is 5.32. The first kappa shape index (κ1) is 23.0. The molecule has 1 amide bonds. The van der Waals surface area contributed by atoms with E-state index in [9.17, 15) is 9.90 Å². The number of rotatable bonds is 7. The number of benzene rings is 1. The molecule has 1 fully saturated rings. The molecular formula is C24H33N3O4. The van der Waals surface area contributed by atoms with E-state index in [0.29, 0.717) is 18.7 Å². The molecule has 0 aliphatic heterocycles. The summed E-state index contributed by atoms with van der Waals surface area (Å²) in [7, 11) is 1.95. The van der Waals surface area contributed by atoms with E-state index in [1.807, 2.05) is 76.3 Å². The molecule has 1 aromatic carbocycles. The molecule has 1 heterocycles. The molecule has 0 radical (unpaired) electrons. The van der Waals surface area contributed by atoms with E-state index in [0.717, 1.165) is 12.1 Å². The molecule has 1 saturated carbocycles. The van der Waals surface area contributed by atoms with Gasteiger partial charge >= 0.3 is 6.09 Å². The highest BCUT2D eigenvalue weighted by atomic mass is 16.6. The molecule has 1 aromatic heterocycles. The second-order valence-corrected chi connectivity index (χ2v) is 8.99. The summed E-state index contributed by atoms with van der Waals surface area (Å²) in [5.41, 5.74) is 0.386. The van der Waals surface area contributed by atoms with Crippen molar-refractivity contribution in [1.29, 1.82) is 0 Å². The summed E-state index contributed by atoms with van der Waals surface area (Å²) < 4.78 is 11.5. The third-order valence-electron chi connectivity index (χ3n) is 5.32. The van der Waals surface area contributed by atoms with Crippen molar-refractivity contribution >= 4 is 6.09 Å². The van der Waals surface area contributed by atoms with Crippen LogP contribution in [-0.2, 0) is 11.2 Å². The van der Waals surface area contributed by atoms with Gasteiger partial charge in [0.15, 0.2) is 0 Å². The van der Waals surface area contributed by atoms with Gasteiger partial charge < -0.3 is 19.9 Å². The number of para-hydroxylation sites is 1. The second-order valence-electron chi connectivity index (χ2n) is 8.99. The van der Waals surface area contributed by atoms with Crippen molar-refractivity contribution in [2.24, 2.45) is 0 Å². The number of aliphatic hydroxyl groups is 1. The van der Waals surface area contributed by atoms with Crippen molar-refractivity contribution < 1.29 is 19.4 Å². The van der Waals surface area contributed by atoms with Crippen LogP contribution in [0.3, 0.4) is 0 Å². The molecule has 168 valence electrons. The normalized spacial score (nSPS) is 23.5. The molecule has 1 aliphatic rings. The molecule has 0 saturated heterocycles. The Kier molecular flexibility index (Phi) is 7.51. The van der Waals surface area contributed by atoms with Crippen molar-refractivity contribution in [3.63, 3.8) is 0 Å². The van der Waals surface area contributed by atoms with Crippen molar-refractivity contribution in [2.45, 2.75) is 63.5 Å². The van der Waals surface area contributed by atoms with Gasteiger partial charge in [-0.05, 0) is 52.1 Å². The molecule has 31 heavy (non-hydrogen) atoms. The van der Waals surface area contributed by atoms with Gasteiger partial charge in [-0.2, -0.15) is 0 Å². The number of carbonyl (C=O) groups excluding carboxylic acids is 1. The summed E-state index contributed by atoms with van der Waals surface area (Å²) in [6.45, 7) is 6.17. The minimum absolute atomic E-state index is 0.313. The van der Waals surface area contributed by atoms with Crippen molar-refractivity contribution in [2.75, 3.05) is 13.6 Å². The van der Waals surface area contributed by atoms with Gasteiger partial charge in [0, 0.05) is 31.3 Å². The zero-order valence-electron chi connectivity index (χ0n) is 18.7. The number of pyridine rings is 1. The van der Waals surface area contributed by atoms with Gasteiger partial charge in [0.05, 0.1) is 12.1 Å². The number of aliphatic hydroxyl groups excluding tert-OH is 1. The van der Waals surface area contributed by atoms with Gasteiger partial charge in [-0.3, -0.25) is 9.88 Å². The number of aromatic nitrogens is 1. The van der Waals surface area contributed by atoms with Gasteiger partial charge in [-0.1, -0.05) is 24.3 Å². The number of amides is 1. The minimum Gasteiger partial charge on any atom is -0.488 e. The first-order valence-corrected chi connectivity index (χ1v) is 10.7. The van der Waals surface area contributed by atoms with Crippen molar-refractivity contribution in [1.82, 2.24) is 15.2 Å². The first-order valence-electron chi connectivity index (χ1n) is 10.7. The van der Waals surface area contributed by atoms with Gasteiger partial charge in [0.1, 0.15) is 23.6 Å². The number of hydrogen-bond donors (Lipinski definition) is 2. The molecule has 0 unspecified atom stereocenters. The lowest BCUT2D eigenvalue weighted by atomic mass is 10.1. The van der Waals surface area contributed by atoms with Crippen LogP contribution in [0.4, 0.5) is 4.79 Å². The maximum absolute atomic E-state index is 12.4. The lowest BCUT2D eigenvalue weighted by Crippen LogP contribution is -2.53. The Morgan fingerprint density at radius 3 is 2.55 bits per heavy atom. The molecule has 7 heteroatoms. The molecular weight excluding hydrogens is 394 g/mol. The van der Waals surface area contributed by atoms with Gasteiger partial charge in [0.2, 0.25) is 0 Å². The third kappa shape index (κ3) is 6.67. The van der Waals surface area contributed by atoms with Crippen molar-refractivity contribution in [3.05, 3.63) is 60.4 Å². The average molecular weight is 428 g/mol.